The van der Waals surface area contributed by atoms with Crippen LogP contribution >= 0.6 is 23.8 Å². The van der Waals surface area contributed by atoms with Gasteiger partial charge in [0, 0.05) is 11.5 Å². The zero-order chi connectivity index (χ0) is 13.2. The monoisotopic (exact) mass is 284 g/mol. The van der Waals surface area contributed by atoms with Gasteiger partial charge in [0.1, 0.15) is 5.82 Å². The summed E-state index contributed by atoms with van der Waals surface area (Å²) in [5.74, 6) is 0.522. The molecular weight excluding hydrogens is 268 g/mol. The van der Waals surface area contributed by atoms with E-state index in [1.54, 1.807) is 6.92 Å². The lowest BCUT2D eigenvalue weighted by molar-refractivity contribution is -0.123. The fourth-order valence-electron chi connectivity index (χ4n) is 2.31. The van der Waals surface area contributed by atoms with Crippen LogP contribution in [0.15, 0.2) is 0 Å². The number of aryl methyl sites for hydroxylation is 1. The third kappa shape index (κ3) is 2.51. The number of hydrogen-bond donors (Lipinski definition) is 2. The minimum Gasteiger partial charge on any atom is -0.392 e. The first kappa shape index (κ1) is 13.4. The van der Waals surface area contributed by atoms with E-state index in [9.17, 15) is 4.79 Å². The van der Waals surface area contributed by atoms with E-state index in [0.29, 0.717) is 15.9 Å². The summed E-state index contributed by atoms with van der Waals surface area (Å²) in [4.78, 5) is 16.8. The molecule has 7 heteroatoms. The first-order chi connectivity index (χ1) is 8.54. The van der Waals surface area contributed by atoms with Crippen molar-refractivity contribution in [1.29, 1.82) is 0 Å². The van der Waals surface area contributed by atoms with Gasteiger partial charge >= 0.3 is 0 Å². The van der Waals surface area contributed by atoms with E-state index in [-0.39, 0.29) is 5.91 Å². The Hall–Kier alpha value is -1.08. The molecule has 98 valence electrons. The third-order valence-electron chi connectivity index (χ3n) is 3.36. The molecule has 18 heavy (non-hydrogen) atoms. The predicted molar refractivity (Wildman–Crippen MR) is 75.6 cm³/mol. The Morgan fingerprint density at radius 3 is 2.61 bits per heavy atom. The first-order valence-electron chi connectivity index (χ1n) is 5.96. The van der Waals surface area contributed by atoms with Gasteiger partial charge in [-0.05, 0) is 19.8 Å². The van der Waals surface area contributed by atoms with E-state index >= 15 is 0 Å². The minimum atomic E-state index is -0.701. The summed E-state index contributed by atoms with van der Waals surface area (Å²) in [5, 5.41) is 3.31. The fraction of sp³-hybridized carbons (Fsp3) is 0.636. The molecule has 0 bridgehead atoms. The lowest BCUT2D eigenvalue weighted by Crippen LogP contribution is -2.47. The van der Waals surface area contributed by atoms with Crippen LogP contribution in [-0.2, 0) is 4.79 Å². The fourth-order valence-corrected chi connectivity index (χ4v) is 3.17. The summed E-state index contributed by atoms with van der Waals surface area (Å²) >= 11 is 6.28. The van der Waals surface area contributed by atoms with Gasteiger partial charge in [0.2, 0.25) is 11.0 Å². The number of amides is 1. The van der Waals surface area contributed by atoms with Crippen molar-refractivity contribution in [3.8, 4) is 0 Å². The molecule has 1 heterocycles. The predicted octanol–water partition coefficient (Wildman–Crippen LogP) is 2.02. The molecule has 1 amide bonds. The molecule has 1 saturated carbocycles. The number of carbonyl (C=O) groups is 1. The lowest BCUT2D eigenvalue weighted by atomic mass is 9.73. The number of aromatic nitrogens is 2. The van der Waals surface area contributed by atoms with Gasteiger partial charge in [-0.25, -0.2) is 4.98 Å². The summed E-state index contributed by atoms with van der Waals surface area (Å²) in [6, 6.07) is 0. The van der Waals surface area contributed by atoms with Gasteiger partial charge < -0.3 is 5.73 Å². The quantitative estimate of drug-likeness (QED) is 0.830. The maximum absolute atomic E-state index is 12.4. The van der Waals surface area contributed by atoms with E-state index in [4.69, 9.17) is 18.0 Å². The normalized spacial score (nSPS) is 18.3. The minimum absolute atomic E-state index is 0.133. The van der Waals surface area contributed by atoms with Gasteiger partial charge in [0.15, 0.2) is 0 Å². The smallest absolute Gasteiger partial charge is 0.239 e. The average Bonchev–Trinajstić information content (AvgIpc) is 2.75. The van der Waals surface area contributed by atoms with Gasteiger partial charge in [-0.3, -0.25) is 10.1 Å². The van der Waals surface area contributed by atoms with Gasteiger partial charge in [0.05, 0.1) is 10.4 Å². The van der Waals surface area contributed by atoms with E-state index < -0.39 is 5.41 Å². The van der Waals surface area contributed by atoms with E-state index in [1.807, 2.05) is 0 Å². The molecule has 5 nitrogen and oxygen atoms in total. The first-order valence-corrected chi connectivity index (χ1v) is 7.14. The van der Waals surface area contributed by atoms with Crippen molar-refractivity contribution in [2.45, 2.75) is 39.0 Å². The maximum atomic E-state index is 12.4. The zero-order valence-electron chi connectivity index (χ0n) is 10.2. The molecule has 0 aromatic carbocycles. The Balaban J connectivity index is 2.16. The molecule has 1 aromatic heterocycles. The second kappa shape index (κ2) is 5.27. The van der Waals surface area contributed by atoms with Crippen LogP contribution in [0.5, 0.6) is 0 Å². The van der Waals surface area contributed by atoms with Crippen molar-refractivity contribution in [2.75, 3.05) is 5.32 Å². The molecule has 0 atom stereocenters. The van der Waals surface area contributed by atoms with Gasteiger partial charge in [-0.2, -0.15) is 4.37 Å². The summed E-state index contributed by atoms with van der Waals surface area (Å²) < 4.78 is 4.03. The highest BCUT2D eigenvalue weighted by atomic mass is 32.1. The Kier molecular flexibility index (Phi) is 3.91. The standard InChI is InChI=1S/C11H16N4OS2/c1-7-13-10(18-15-7)14-9(16)11(8(12)17)5-3-2-4-6-11/h2-6H2,1H3,(H2,12,17)(H,13,14,15,16). The molecule has 0 unspecified atom stereocenters. The number of thiocarbonyl (C=S) groups is 1. The summed E-state index contributed by atoms with van der Waals surface area (Å²) in [5.41, 5.74) is 5.10. The number of rotatable bonds is 3. The number of nitrogens with two attached hydrogens (primary N) is 1. The van der Waals surface area contributed by atoms with Crippen molar-refractivity contribution in [2.24, 2.45) is 11.1 Å². The lowest BCUT2D eigenvalue weighted by Gasteiger charge is -2.34. The molecule has 1 aliphatic rings. The number of nitrogens with one attached hydrogen (secondary N) is 1. The molecule has 1 fully saturated rings. The maximum Gasteiger partial charge on any atom is 0.239 e. The Morgan fingerprint density at radius 1 is 1.44 bits per heavy atom. The molecule has 3 N–H and O–H groups in total. The van der Waals surface area contributed by atoms with Crippen molar-refractivity contribution >= 4 is 39.8 Å². The zero-order valence-corrected chi connectivity index (χ0v) is 11.9. The molecule has 0 aliphatic heterocycles. The van der Waals surface area contributed by atoms with Crippen LogP contribution in [-0.4, -0.2) is 20.3 Å². The van der Waals surface area contributed by atoms with E-state index in [0.717, 1.165) is 32.1 Å². The molecule has 2 rings (SSSR count). The second-order valence-electron chi connectivity index (χ2n) is 4.61. The Labute approximate surface area is 115 Å². The van der Waals surface area contributed by atoms with Crippen LogP contribution in [0.25, 0.3) is 0 Å². The van der Waals surface area contributed by atoms with E-state index in [2.05, 4.69) is 14.7 Å². The van der Waals surface area contributed by atoms with Crippen molar-refractivity contribution < 1.29 is 4.79 Å². The van der Waals surface area contributed by atoms with Gasteiger partial charge in [-0.1, -0.05) is 31.5 Å². The molecule has 1 aromatic rings. The summed E-state index contributed by atoms with van der Waals surface area (Å²) in [6.07, 6.45) is 4.56. The molecule has 0 saturated heterocycles. The van der Waals surface area contributed by atoms with Crippen LogP contribution < -0.4 is 11.1 Å². The molecule has 0 radical (unpaired) electrons. The topological polar surface area (TPSA) is 80.9 Å². The average molecular weight is 284 g/mol. The number of nitrogens with zero attached hydrogens (tertiary/aromatic N) is 2. The third-order valence-corrected chi connectivity index (χ3v) is 4.47. The van der Waals surface area contributed by atoms with Crippen LogP contribution in [0.4, 0.5) is 5.13 Å². The van der Waals surface area contributed by atoms with E-state index in [1.165, 1.54) is 11.5 Å². The van der Waals surface area contributed by atoms with Crippen LogP contribution in [0, 0.1) is 12.3 Å². The van der Waals surface area contributed by atoms with Gasteiger partial charge in [0.25, 0.3) is 0 Å². The summed E-state index contributed by atoms with van der Waals surface area (Å²) in [7, 11) is 0. The Morgan fingerprint density at radius 2 is 2.11 bits per heavy atom. The van der Waals surface area contributed by atoms with Crippen molar-refractivity contribution in [1.82, 2.24) is 9.36 Å². The highest BCUT2D eigenvalue weighted by Crippen LogP contribution is 2.37. The highest BCUT2D eigenvalue weighted by Gasteiger charge is 2.42. The molecule has 0 spiro atoms. The largest absolute Gasteiger partial charge is 0.392 e. The Bertz CT molecular complexity index is 465. The SMILES string of the molecule is Cc1nsc(NC(=O)C2(C(N)=S)CCCCC2)n1. The second-order valence-corrected chi connectivity index (χ2v) is 5.80. The van der Waals surface area contributed by atoms with Crippen LogP contribution in [0.2, 0.25) is 0 Å². The summed E-state index contributed by atoms with van der Waals surface area (Å²) in [6.45, 7) is 1.79. The van der Waals surface area contributed by atoms with Crippen LogP contribution in [0.3, 0.4) is 0 Å². The molecular formula is C11H16N4OS2. The van der Waals surface area contributed by atoms with Crippen molar-refractivity contribution in [3.05, 3.63) is 5.82 Å². The number of carbonyl (C=O) groups excluding carboxylic acids is 1. The number of anilines is 1. The van der Waals surface area contributed by atoms with Crippen molar-refractivity contribution in [3.63, 3.8) is 0 Å². The molecule has 1 aliphatic carbocycles. The van der Waals surface area contributed by atoms with Gasteiger partial charge in [-0.15, -0.1) is 0 Å². The highest BCUT2D eigenvalue weighted by molar-refractivity contribution is 7.80. The number of hydrogen-bond acceptors (Lipinski definition) is 5. The van der Waals surface area contributed by atoms with Crippen LogP contribution in [0.1, 0.15) is 37.9 Å².